The molecule has 0 heterocycles. The van der Waals surface area contributed by atoms with Crippen LogP contribution in [0.25, 0.3) is 0 Å². The van der Waals surface area contributed by atoms with E-state index in [1.54, 1.807) is 13.8 Å². The number of carbonyl (C=O) groups excluding carboxylic acids is 1. The van der Waals surface area contributed by atoms with Crippen LogP contribution in [0.1, 0.15) is 13.8 Å². The van der Waals surface area contributed by atoms with E-state index in [2.05, 4.69) is 0 Å². The molecule has 0 aliphatic carbocycles. The minimum atomic E-state index is -3.13. The van der Waals surface area contributed by atoms with Gasteiger partial charge in [-0.2, -0.15) is 0 Å². The summed E-state index contributed by atoms with van der Waals surface area (Å²) in [7, 11) is -3.13. The average molecular weight is 210 g/mol. The van der Waals surface area contributed by atoms with Crippen molar-refractivity contribution in [2.45, 2.75) is 13.8 Å². The highest BCUT2D eigenvalue weighted by molar-refractivity contribution is 7.53. The Labute approximate surface area is 77.9 Å². The minimum absolute atomic E-state index is 0.0931. The van der Waals surface area contributed by atoms with Gasteiger partial charge in [-0.3, -0.25) is 4.57 Å². The Balaban J connectivity index is 3.91. The Morgan fingerprint density at radius 3 is 2.15 bits per heavy atom. The van der Waals surface area contributed by atoms with Crippen molar-refractivity contribution in [3.63, 3.8) is 0 Å². The van der Waals surface area contributed by atoms with E-state index < -0.39 is 7.60 Å². The first-order valence-corrected chi connectivity index (χ1v) is 5.80. The second-order valence-corrected chi connectivity index (χ2v) is 4.11. The normalized spacial score (nSPS) is 11.5. The molecule has 0 saturated heterocycles. The lowest BCUT2D eigenvalue weighted by Gasteiger charge is -2.15. The quantitative estimate of drug-likeness (QED) is 0.344. The zero-order valence-electron chi connectivity index (χ0n) is 7.89. The molecular weight excluding hydrogens is 195 g/mol. The molecule has 5 nitrogen and oxygen atoms in total. The van der Waals surface area contributed by atoms with Gasteiger partial charge < -0.3 is 18.6 Å². The van der Waals surface area contributed by atoms with E-state index in [9.17, 15) is 9.36 Å². The number of carbonyl (C=O) groups is 1. The third-order valence-electron chi connectivity index (χ3n) is 1.09. The lowest BCUT2D eigenvalue weighted by Crippen LogP contribution is -2.04. The van der Waals surface area contributed by atoms with Crippen molar-refractivity contribution in [3.8, 4) is 0 Å². The number of hydrogen-bond donors (Lipinski definition) is 0. The SMILES string of the molecule is CCOP(=O)(COCC=O)OCC. The predicted molar refractivity (Wildman–Crippen MR) is 47.7 cm³/mol. The molecule has 13 heavy (non-hydrogen) atoms. The van der Waals surface area contributed by atoms with Crippen molar-refractivity contribution < 1.29 is 23.1 Å². The van der Waals surface area contributed by atoms with Crippen LogP contribution in [0.15, 0.2) is 0 Å². The van der Waals surface area contributed by atoms with Crippen LogP contribution < -0.4 is 0 Å². The Morgan fingerprint density at radius 2 is 1.77 bits per heavy atom. The van der Waals surface area contributed by atoms with Gasteiger partial charge >= 0.3 is 7.60 Å². The Bertz CT molecular complexity index is 172. The zero-order valence-corrected chi connectivity index (χ0v) is 8.79. The van der Waals surface area contributed by atoms with Crippen molar-refractivity contribution in [1.29, 1.82) is 0 Å². The Kier molecular flexibility index (Phi) is 7.09. The van der Waals surface area contributed by atoms with Gasteiger partial charge in [-0.15, -0.1) is 0 Å². The maximum absolute atomic E-state index is 11.6. The van der Waals surface area contributed by atoms with Crippen molar-refractivity contribution in [2.24, 2.45) is 0 Å². The fraction of sp³-hybridized carbons (Fsp3) is 0.857. The molecule has 0 aliphatic rings. The molecule has 6 heteroatoms. The molecule has 78 valence electrons. The van der Waals surface area contributed by atoms with E-state index in [1.807, 2.05) is 0 Å². The number of rotatable bonds is 8. The third kappa shape index (κ3) is 5.93. The molecule has 0 atom stereocenters. The monoisotopic (exact) mass is 210 g/mol. The molecule has 0 N–H and O–H groups in total. The minimum Gasteiger partial charge on any atom is -0.361 e. The lowest BCUT2D eigenvalue weighted by atomic mass is 10.8. The van der Waals surface area contributed by atoms with E-state index in [4.69, 9.17) is 13.8 Å². The van der Waals surface area contributed by atoms with Gasteiger partial charge in [0.15, 0.2) is 0 Å². The van der Waals surface area contributed by atoms with Crippen LogP contribution in [0.3, 0.4) is 0 Å². The number of hydrogen-bond acceptors (Lipinski definition) is 5. The molecule has 0 rings (SSSR count). The van der Waals surface area contributed by atoms with Gasteiger partial charge in [0, 0.05) is 0 Å². The summed E-state index contributed by atoms with van der Waals surface area (Å²) in [5.41, 5.74) is 0. The van der Waals surface area contributed by atoms with Gasteiger partial charge in [-0.05, 0) is 13.8 Å². The zero-order chi connectivity index (χ0) is 10.2. The molecule has 0 aliphatic heterocycles. The summed E-state index contributed by atoms with van der Waals surface area (Å²) in [4.78, 5) is 9.91. The fourth-order valence-electron chi connectivity index (χ4n) is 0.718. The van der Waals surface area contributed by atoms with Gasteiger partial charge in [-0.25, -0.2) is 0 Å². The molecule has 0 unspecified atom stereocenters. The molecule has 0 aromatic heterocycles. The lowest BCUT2D eigenvalue weighted by molar-refractivity contribution is -0.111. The largest absolute Gasteiger partial charge is 0.361 e. The standard InChI is InChI=1S/C7H15O5P/c1-3-11-13(9,12-4-2)7-10-6-5-8/h5H,3-4,6-7H2,1-2H3. The van der Waals surface area contributed by atoms with Crippen LogP contribution in [0.5, 0.6) is 0 Å². The molecule has 0 bridgehead atoms. The topological polar surface area (TPSA) is 61.8 Å². The summed E-state index contributed by atoms with van der Waals surface area (Å²) in [6.07, 6.45) is 0.412. The van der Waals surface area contributed by atoms with E-state index in [-0.39, 0.29) is 13.0 Å². The maximum Gasteiger partial charge on any atom is 0.356 e. The van der Waals surface area contributed by atoms with E-state index in [1.165, 1.54) is 0 Å². The Morgan fingerprint density at radius 1 is 1.23 bits per heavy atom. The maximum atomic E-state index is 11.6. The second kappa shape index (κ2) is 7.21. The molecule has 0 spiro atoms. The first-order chi connectivity index (χ1) is 6.18. The first kappa shape index (κ1) is 12.8. The molecular formula is C7H15O5P. The van der Waals surface area contributed by atoms with Crippen LogP contribution in [0.4, 0.5) is 0 Å². The van der Waals surface area contributed by atoms with Gasteiger partial charge in [0.2, 0.25) is 0 Å². The first-order valence-electron chi connectivity index (χ1n) is 4.08. The molecule has 0 aromatic carbocycles. The highest BCUT2D eigenvalue weighted by Gasteiger charge is 2.23. The van der Waals surface area contributed by atoms with Gasteiger partial charge in [0.1, 0.15) is 19.2 Å². The average Bonchev–Trinajstić information content (AvgIpc) is 2.05. The van der Waals surface area contributed by atoms with Crippen LogP contribution in [0, 0.1) is 0 Å². The summed E-state index contributed by atoms with van der Waals surface area (Å²) in [5, 5.41) is 0. The number of aldehydes is 1. The summed E-state index contributed by atoms with van der Waals surface area (Å²) >= 11 is 0. The van der Waals surface area contributed by atoms with Crippen LogP contribution in [-0.4, -0.2) is 32.5 Å². The number of ether oxygens (including phenoxy) is 1. The van der Waals surface area contributed by atoms with E-state index >= 15 is 0 Å². The summed E-state index contributed by atoms with van der Waals surface area (Å²) in [6, 6.07) is 0. The molecule has 0 radical (unpaired) electrons. The molecule has 0 saturated carbocycles. The fourth-order valence-corrected chi connectivity index (χ4v) is 2.06. The Hall–Kier alpha value is -0.220. The summed E-state index contributed by atoms with van der Waals surface area (Å²) in [6.45, 7) is 3.92. The van der Waals surface area contributed by atoms with Crippen LogP contribution in [0.2, 0.25) is 0 Å². The van der Waals surface area contributed by atoms with Crippen molar-refractivity contribution >= 4 is 13.9 Å². The van der Waals surface area contributed by atoms with E-state index in [0.717, 1.165) is 0 Å². The second-order valence-electron chi connectivity index (χ2n) is 2.11. The summed E-state index contributed by atoms with van der Waals surface area (Å²) in [5.74, 6) is 0. The highest BCUT2D eigenvalue weighted by atomic mass is 31.2. The molecule has 0 amide bonds. The van der Waals surface area contributed by atoms with Crippen LogP contribution in [-0.2, 0) is 23.1 Å². The van der Waals surface area contributed by atoms with E-state index in [0.29, 0.717) is 19.5 Å². The van der Waals surface area contributed by atoms with Crippen LogP contribution >= 0.6 is 7.60 Å². The van der Waals surface area contributed by atoms with Gasteiger partial charge in [0.05, 0.1) is 13.2 Å². The summed E-state index contributed by atoms with van der Waals surface area (Å²) < 4.78 is 26.2. The van der Waals surface area contributed by atoms with Crippen molar-refractivity contribution in [2.75, 3.05) is 26.2 Å². The third-order valence-corrected chi connectivity index (χ3v) is 2.89. The van der Waals surface area contributed by atoms with Gasteiger partial charge in [-0.1, -0.05) is 0 Å². The molecule has 0 aromatic rings. The van der Waals surface area contributed by atoms with Crippen molar-refractivity contribution in [3.05, 3.63) is 0 Å². The van der Waals surface area contributed by atoms with Crippen molar-refractivity contribution in [1.82, 2.24) is 0 Å². The van der Waals surface area contributed by atoms with Gasteiger partial charge in [0.25, 0.3) is 0 Å². The smallest absolute Gasteiger partial charge is 0.356 e. The highest BCUT2D eigenvalue weighted by Crippen LogP contribution is 2.47. The predicted octanol–water partition coefficient (Wildman–Crippen LogP) is 1.43. The molecule has 0 fully saturated rings.